The third kappa shape index (κ3) is 9.08. The summed E-state index contributed by atoms with van der Waals surface area (Å²) in [7, 11) is 6.60. The molecule has 4 rings (SSSR count). The molecule has 1 fully saturated rings. The molecule has 0 aliphatic carbocycles. The second kappa shape index (κ2) is 17.7. The van der Waals surface area contributed by atoms with Gasteiger partial charge in [0, 0.05) is 28.8 Å². The Hall–Kier alpha value is -2.94. The van der Waals surface area contributed by atoms with Crippen molar-refractivity contribution in [1.29, 1.82) is 0 Å². The maximum absolute atomic E-state index is 6.72. The molecule has 1 saturated heterocycles. The normalized spacial score (nSPS) is 16.0. The molecule has 0 aromatic heterocycles. The third-order valence-electron chi connectivity index (χ3n) is 8.04. The molecule has 3 aromatic rings. The summed E-state index contributed by atoms with van der Waals surface area (Å²) < 4.78 is 36.0. The fraction of sp³-hybridized carbons (Fsp3) is 0.500. The Morgan fingerprint density at radius 3 is 1.80 bits per heavy atom. The molecule has 0 radical (unpaired) electrons. The van der Waals surface area contributed by atoms with Crippen molar-refractivity contribution in [3.63, 3.8) is 0 Å². The summed E-state index contributed by atoms with van der Waals surface area (Å²) in [5.41, 5.74) is 3.17. The number of ether oxygens (including phenoxy) is 6. The summed E-state index contributed by atoms with van der Waals surface area (Å²) in [6.45, 7) is 6.93. The number of benzene rings is 3. The lowest BCUT2D eigenvalue weighted by Gasteiger charge is -2.29. The lowest BCUT2D eigenvalue weighted by molar-refractivity contribution is 0.0437. The number of thioether (sulfide) groups is 1. The zero-order valence-electron chi connectivity index (χ0n) is 27.5. The van der Waals surface area contributed by atoms with E-state index < -0.39 is 0 Å². The summed E-state index contributed by atoms with van der Waals surface area (Å²) in [6, 6.07) is 16.2. The highest BCUT2D eigenvalue weighted by atomic mass is 35.5. The van der Waals surface area contributed by atoms with Crippen LogP contribution in [0.3, 0.4) is 0 Å². The van der Waals surface area contributed by atoms with Crippen LogP contribution in [0.5, 0.6) is 28.7 Å². The number of hydrogen-bond acceptors (Lipinski definition) is 8. The number of nitrogens with zero attached hydrogens (tertiary/aromatic N) is 1. The Bertz CT molecular complexity index is 1320. The van der Waals surface area contributed by atoms with E-state index >= 15 is 0 Å². The minimum atomic E-state index is -0.102. The van der Waals surface area contributed by atoms with Gasteiger partial charge in [-0.25, -0.2) is 0 Å². The van der Waals surface area contributed by atoms with Gasteiger partial charge in [-0.15, -0.1) is 11.8 Å². The number of anilines is 1. The van der Waals surface area contributed by atoms with Gasteiger partial charge in [0.1, 0.15) is 0 Å². The van der Waals surface area contributed by atoms with Crippen molar-refractivity contribution in [2.24, 2.45) is 0 Å². The Kier molecular flexibility index (Phi) is 13.7. The van der Waals surface area contributed by atoms with Crippen LogP contribution in [0.4, 0.5) is 5.69 Å². The molecule has 1 aliphatic rings. The molecule has 9 heteroatoms. The van der Waals surface area contributed by atoms with E-state index in [4.69, 9.17) is 40.0 Å². The zero-order chi connectivity index (χ0) is 32.2. The number of unbranched alkanes of at least 4 members (excludes halogenated alkanes) is 2. The molecule has 246 valence electrons. The summed E-state index contributed by atoms with van der Waals surface area (Å²) in [5.74, 6) is 4.16. The molecule has 0 saturated carbocycles. The second-order valence-electron chi connectivity index (χ2n) is 11.1. The van der Waals surface area contributed by atoms with E-state index in [2.05, 4.69) is 30.9 Å². The van der Waals surface area contributed by atoms with Crippen LogP contribution < -0.4 is 28.6 Å². The fourth-order valence-corrected chi connectivity index (χ4v) is 6.48. The largest absolute Gasteiger partial charge is 0.493 e. The minimum absolute atomic E-state index is 0.0875. The summed E-state index contributed by atoms with van der Waals surface area (Å²) >= 11 is 7.81. The molecule has 1 heterocycles. The SMILES string of the molecule is CCCCN(CCCC)c1cc(C2CCC(c3cc(OC)c(OC)c(OC)c3)O2)cc(OC)c1OCCSc1ccc(Cl)cc1. The van der Waals surface area contributed by atoms with E-state index in [1.54, 1.807) is 40.2 Å². The summed E-state index contributed by atoms with van der Waals surface area (Å²) in [6.07, 6.45) is 6.01. The molecular formula is C36H48ClNO6S. The average molecular weight is 658 g/mol. The first-order chi connectivity index (χ1) is 22.0. The van der Waals surface area contributed by atoms with Crippen LogP contribution in [0.2, 0.25) is 5.02 Å². The highest BCUT2D eigenvalue weighted by molar-refractivity contribution is 7.99. The van der Waals surface area contributed by atoms with Crippen LogP contribution in [0, 0.1) is 0 Å². The smallest absolute Gasteiger partial charge is 0.203 e. The van der Waals surface area contributed by atoms with E-state index in [-0.39, 0.29) is 12.2 Å². The van der Waals surface area contributed by atoms with Crippen LogP contribution in [-0.4, -0.2) is 53.9 Å². The minimum Gasteiger partial charge on any atom is -0.493 e. The Labute approximate surface area is 278 Å². The molecule has 1 aliphatic heterocycles. The van der Waals surface area contributed by atoms with Crippen molar-refractivity contribution in [3.8, 4) is 28.7 Å². The van der Waals surface area contributed by atoms with Gasteiger partial charge >= 0.3 is 0 Å². The van der Waals surface area contributed by atoms with Gasteiger partial charge in [0.05, 0.1) is 52.9 Å². The van der Waals surface area contributed by atoms with Crippen LogP contribution in [-0.2, 0) is 4.74 Å². The van der Waals surface area contributed by atoms with Crippen molar-refractivity contribution < 1.29 is 28.4 Å². The number of hydrogen-bond donors (Lipinski definition) is 0. The van der Waals surface area contributed by atoms with E-state index in [0.717, 1.165) is 95.6 Å². The molecule has 0 N–H and O–H groups in total. The van der Waals surface area contributed by atoms with Crippen LogP contribution >= 0.6 is 23.4 Å². The van der Waals surface area contributed by atoms with Gasteiger partial charge in [-0.3, -0.25) is 0 Å². The number of halogens is 1. The second-order valence-corrected chi connectivity index (χ2v) is 12.7. The van der Waals surface area contributed by atoms with Gasteiger partial charge in [0.2, 0.25) is 5.75 Å². The first-order valence-corrected chi connectivity index (χ1v) is 17.3. The predicted octanol–water partition coefficient (Wildman–Crippen LogP) is 9.54. The first-order valence-electron chi connectivity index (χ1n) is 15.9. The molecule has 2 atom stereocenters. The van der Waals surface area contributed by atoms with Crippen molar-refractivity contribution in [1.82, 2.24) is 0 Å². The zero-order valence-corrected chi connectivity index (χ0v) is 29.1. The van der Waals surface area contributed by atoms with Gasteiger partial charge in [-0.2, -0.15) is 0 Å². The van der Waals surface area contributed by atoms with Crippen LogP contribution in [0.15, 0.2) is 53.4 Å². The lowest BCUT2D eigenvalue weighted by atomic mass is 10.0. The Morgan fingerprint density at radius 2 is 1.29 bits per heavy atom. The molecule has 45 heavy (non-hydrogen) atoms. The van der Waals surface area contributed by atoms with Crippen molar-refractivity contribution in [3.05, 3.63) is 64.7 Å². The van der Waals surface area contributed by atoms with E-state index in [1.165, 1.54) is 0 Å². The van der Waals surface area contributed by atoms with Gasteiger partial charge in [0.25, 0.3) is 0 Å². The third-order valence-corrected chi connectivity index (χ3v) is 9.27. The van der Waals surface area contributed by atoms with Crippen molar-refractivity contribution in [2.75, 3.05) is 58.8 Å². The molecular weight excluding hydrogens is 610 g/mol. The van der Waals surface area contributed by atoms with Crippen molar-refractivity contribution >= 4 is 29.1 Å². The maximum atomic E-state index is 6.72. The molecule has 2 unspecified atom stereocenters. The molecule has 0 spiro atoms. The van der Waals surface area contributed by atoms with E-state index in [1.807, 2.05) is 36.4 Å². The summed E-state index contributed by atoms with van der Waals surface area (Å²) in [4.78, 5) is 3.63. The maximum Gasteiger partial charge on any atom is 0.203 e. The van der Waals surface area contributed by atoms with Gasteiger partial charge in [-0.05, 0) is 85.3 Å². The molecule has 0 amide bonds. The molecule has 7 nitrogen and oxygen atoms in total. The topological polar surface area (TPSA) is 58.6 Å². The van der Waals surface area contributed by atoms with Gasteiger partial charge < -0.3 is 33.3 Å². The molecule has 3 aromatic carbocycles. The number of rotatable bonds is 18. The Morgan fingerprint density at radius 1 is 0.756 bits per heavy atom. The summed E-state index contributed by atoms with van der Waals surface area (Å²) in [5, 5.41) is 0.741. The monoisotopic (exact) mass is 657 g/mol. The van der Waals surface area contributed by atoms with Crippen LogP contribution in [0.1, 0.15) is 75.7 Å². The van der Waals surface area contributed by atoms with Crippen LogP contribution in [0.25, 0.3) is 0 Å². The van der Waals surface area contributed by atoms with Gasteiger partial charge in [0.15, 0.2) is 23.0 Å². The number of methoxy groups -OCH3 is 4. The lowest BCUT2D eigenvalue weighted by Crippen LogP contribution is -2.26. The molecule has 0 bridgehead atoms. The first kappa shape index (κ1) is 34.9. The standard InChI is InChI=1S/C36H48ClNO6S/c1-7-9-17-38(18-10-8-2)29-21-25(22-32(39-3)35(29)43-19-20-45-28-13-11-27(37)12-14-28)30-15-16-31(44-30)26-23-33(40-4)36(42-6)34(24-26)41-5/h11-14,21-24,30-31H,7-10,15-20H2,1-6H3. The highest BCUT2D eigenvalue weighted by Crippen LogP contribution is 2.49. The Balaban J connectivity index is 1.61. The van der Waals surface area contributed by atoms with E-state index in [9.17, 15) is 0 Å². The average Bonchev–Trinajstić information content (AvgIpc) is 3.57. The quantitative estimate of drug-likeness (QED) is 0.0990. The van der Waals surface area contributed by atoms with Gasteiger partial charge in [-0.1, -0.05) is 38.3 Å². The fourth-order valence-electron chi connectivity index (χ4n) is 5.63. The van der Waals surface area contributed by atoms with E-state index in [0.29, 0.717) is 23.9 Å². The van der Waals surface area contributed by atoms with Crippen molar-refractivity contribution in [2.45, 2.75) is 69.5 Å². The predicted molar refractivity (Wildman–Crippen MR) is 185 cm³/mol. The highest BCUT2D eigenvalue weighted by Gasteiger charge is 2.31.